The van der Waals surface area contributed by atoms with E-state index in [1.54, 1.807) is 24.3 Å². The molecule has 1 atom stereocenters. The summed E-state index contributed by atoms with van der Waals surface area (Å²) in [5, 5.41) is 8.66. The molecule has 0 fully saturated rings. The number of ether oxygens (including phenoxy) is 1. The summed E-state index contributed by atoms with van der Waals surface area (Å²) in [5.41, 5.74) is 0. The molecule has 1 unspecified atom stereocenters. The zero-order chi connectivity index (χ0) is 9.68. The van der Waals surface area contributed by atoms with Crippen molar-refractivity contribution in [3.8, 4) is 5.75 Å². The fourth-order valence-corrected chi connectivity index (χ4v) is 1.06. The third-order valence-corrected chi connectivity index (χ3v) is 1.79. The van der Waals surface area contributed by atoms with Gasteiger partial charge in [-0.3, -0.25) is 0 Å². The summed E-state index contributed by atoms with van der Waals surface area (Å²) < 4.78 is 5.15. The first-order valence-electron chi connectivity index (χ1n) is 3.79. The van der Waals surface area contributed by atoms with E-state index in [0.29, 0.717) is 5.75 Å². The molecule has 0 aromatic heterocycles. The van der Waals surface area contributed by atoms with Gasteiger partial charge in [0.15, 0.2) is 0 Å². The fourth-order valence-electron chi connectivity index (χ4n) is 0.829. The van der Waals surface area contributed by atoms with Crippen molar-refractivity contribution in [2.24, 2.45) is 0 Å². The van der Waals surface area contributed by atoms with Crippen molar-refractivity contribution in [3.05, 3.63) is 30.3 Å². The maximum atomic E-state index is 10.6. The number of carbonyl (C=O) groups is 1. The molecule has 1 aromatic rings. The van der Waals surface area contributed by atoms with Crippen LogP contribution in [0.4, 0.5) is 0 Å². The zero-order valence-corrected chi connectivity index (χ0v) is 7.78. The molecule has 0 bridgehead atoms. The second-order valence-electron chi connectivity index (χ2n) is 2.44. The van der Waals surface area contributed by atoms with Gasteiger partial charge in [-0.15, -0.1) is 0 Å². The Bertz CT molecular complexity index is 273. The molecule has 0 aliphatic heterocycles. The van der Waals surface area contributed by atoms with Crippen molar-refractivity contribution in [3.63, 3.8) is 0 Å². The Kier molecular flexibility index (Phi) is 3.64. The van der Waals surface area contributed by atoms with Gasteiger partial charge in [0.25, 0.3) is 0 Å². The Morgan fingerprint density at radius 1 is 1.46 bits per heavy atom. The first-order valence-corrected chi connectivity index (χ1v) is 4.42. The summed E-state index contributed by atoms with van der Waals surface area (Å²) >= 11 is 3.88. The van der Waals surface area contributed by atoms with Crippen LogP contribution in [0.2, 0.25) is 0 Å². The largest absolute Gasteiger partial charge is 0.478 e. The molecule has 0 aliphatic rings. The topological polar surface area (TPSA) is 46.5 Å². The Morgan fingerprint density at radius 2 is 2.08 bits per heavy atom. The van der Waals surface area contributed by atoms with Gasteiger partial charge in [0.2, 0.25) is 6.10 Å². The van der Waals surface area contributed by atoms with Gasteiger partial charge in [-0.25, -0.2) is 4.79 Å². The van der Waals surface area contributed by atoms with Crippen molar-refractivity contribution in [1.82, 2.24) is 0 Å². The minimum Gasteiger partial charge on any atom is -0.478 e. The molecule has 0 spiro atoms. The highest BCUT2D eigenvalue weighted by atomic mass is 32.1. The molecule has 1 aromatic carbocycles. The maximum Gasteiger partial charge on any atom is 0.345 e. The van der Waals surface area contributed by atoms with Gasteiger partial charge in [-0.05, 0) is 12.1 Å². The van der Waals surface area contributed by atoms with Crippen LogP contribution in [-0.2, 0) is 4.79 Å². The van der Waals surface area contributed by atoms with E-state index in [1.165, 1.54) is 0 Å². The molecule has 0 amide bonds. The first kappa shape index (κ1) is 9.92. The number of benzene rings is 1. The molecule has 1 N–H and O–H groups in total. The average molecular weight is 198 g/mol. The lowest BCUT2D eigenvalue weighted by Crippen LogP contribution is -2.28. The number of hydrogen-bond donors (Lipinski definition) is 2. The highest BCUT2D eigenvalue weighted by Crippen LogP contribution is 2.11. The number of rotatable bonds is 4. The predicted molar refractivity (Wildman–Crippen MR) is 52.3 cm³/mol. The van der Waals surface area contributed by atoms with Crippen LogP contribution in [-0.4, -0.2) is 22.9 Å². The maximum absolute atomic E-state index is 10.6. The van der Waals surface area contributed by atoms with Crippen LogP contribution < -0.4 is 4.74 Å². The molecule has 70 valence electrons. The molecule has 0 radical (unpaired) electrons. The Morgan fingerprint density at radius 3 is 2.54 bits per heavy atom. The molecular formula is C9H10O3S. The second-order valence-corrected chi connectivity index (χ2v) is 2.81. The lowest BCUT2D eigenvalue weighted by molar-refractivity contribution is -0.143. The lowest BCUT2D eigenvalue weighted by Gasteiger charge is -2.11. The summed E-state index contributed by atoms with van der Waals surface area (Å²) in [4.78, 5) is 10.6. The van der Waals surface area contributed by atoms with Gasteiger partial charge < -0.3 is 9.84 Å². The summed E-state index contributed by atoms with van der Waals surface area (Å²) in [6.07, 6.45) is -0.884. The molecule has 0 saturated carbocycles. The van der Waals surface area contributed by atoms with Gasteiger partial charge >= 0.3 is 5.97 Å². The van der Waals surface area contributed by atoms with E-state index in [4.69, 9.17) is 9.84 Å². The van der Waals surface area contributed by atoms with E-state index >= 15 is 0 Å². The molecule has 3 nitrogen and oxygen atoms in total. The third-order valence-electron chi connectivity index (χ3n) is 1.46. The SMILES string of the molecule is O=C(O)C(CS)Oc1ccccc1. The van der Waals surface area contributed by atoms with E-state index in [0.717, 1.165) is 0 Å². The Labute approximate surface area is 81.8 Å². The second kappa shape index (κ2) is 4.77. The van der Waals surface area contributed by atoms with E-state index in [2.05, 4.69) is 12.6 Å². The number of aliphatic carboxylic acids is 1. The number of carboxylic acids is 1. The number of hydrogen-bond acceptors (Lipinski definition) is 3. The highest BCUT2D eigenvalue weighted by Gasteiger charge is 2.16. The van der Waals surface area contributed by atoms with E-state index in [9.17, 15) is 4.79 Å². The lowest BCUT2D eigenvalue weighted by atomic mass is 10.3. The van der Waals surface area contributed by atoms with Crippen molar-refractivity contribution in [1.29, 1.82) is 0 Å². The van der Waals surface area contributed by atoms with Crippen LogP contribution in [0.25, 0.3) is 0 Å². The smallest absolute Gasteiger partial charge is 0.345 e. The minimum atomic E-state index is -1.00. The van der Waals surface area contributed by atoms with Crippen LogP contribution in [0.3, 0.4) is 0 Å². The van der Waals surface area contributed by atoms with Crippen LogP contribution in [0.1, 0.15) is 0 Å². The van der Waals surface area contributed by atoms with Crippen LogP contribution in [0.5, 0.6) is 5.75 Å². The van der Waals surface area contributed by atoms with Gasteiger partial charge in [0.05, 0.1) is 0 Å². The monoisotopic (exact) mass is 198 g/mol. The normalized spacial score (nSPS) is 12.1. The van der Waals surface area contributed by atoms with E-state index in [1.807, 2.05) is 6.07 Å². The summed E-state index contributed by atoms with van der Waals surface area (Å²) in [6.45, 7) is 0. The minimum absolute atomic E-state index is 0.157. The van der Waals surface area contributed by atoms with Crippen LogP contribution in [0, 0.1) is 0 Å². The predicted octanol–water partition coefficient (Wildman–Crippen LogP) is 1.45. The molecule has 13 heavy (non-hydrogen) atoms. The average Bonchev–Trinajstić information content (AvgIpc) is 2.15. The summed E-state index contributed by atoms with van der Waals surface area (Å²) in [5.74, 6) is -0.299. The standard InChI is InChI=1S/C9H10O3S/c10-9(11)8(6-13)12-7-4-2-1-3-5-7/h1-5,8,13H,6H2,(H,10,11). The summed E-state index contributed by atoms with van der Waals surface area (Å²) in [6, 6.07) is 8.82. The van der Waals surface area contributed by atoms with E-state index in [-0.39, 0.29) is 5.75 Å². The number of thiol groups is 1. The fraction of sp³-hybridized carbons (Fsp3) is 0.222. The van der Waals surface area contributed by atoms with Gasteiger partial charge in [-0.1, -0.05) is 18.2 Å². The van der Waals surface area contributed by atoms with E-state index < -0.39 is 12.1 Å². The highest BCUT2D eigenvalue weighted by molar-refractivity contribution is 7.80. The van der Waals surface area contributed by atoms with Crippen molar-refractivity contribution >= 4 is 18.6 Å². The van der Waals surface area contributed by atoms with Gasteiger partial charge in [0, 0.05) is 5.75 Å². The first-order chi connectivity index (χ1) is 6.24. The molecule has 0 aliphatic carbocycles. The summed E-state index contributed by atoms with van der Waals surface area (Å²) in [7, 11) is 0. The Hall–Kier alpha value is -1.16. The molecular weight excluding hydrogens is 188 g/mol. The van der Waals surface area contributed by atoms with Crippen molar-refractivity contribution in [2.45, 2.75) is 6.10 Å². The molecule has 0 saturated heterocycles. The quantitative estimate of drug-likeness (QED) is 0.720. The third kappa shape index (κ3) is 2.99. The van der Waals surface area contributed by atoms with Gasteiger partial charge in [-0.2, -0.15) is 12.6 Å². The number of carboxylic acid groups (broad SMARTS) is 1. The van der Waals surface area contributed by atoms with Crippen molar-refractivity contribution < 1.29 is 14.6 Å². The number of para-hydroxylation sites is 1. The Balaban J connectivity index is 2.62. The molecule has 1 rings (SSSR count). The van der Waals surface area contributed by atoms with Crippen LogP contribution in [0.15, 0.2) is 30.3 Å². The van der Waals surface area contributed by atoms with Crippen molar-refractivity contribution in [2.75, 3.05) is 5.75 Å². The molecule has 0 heterocycles. The zero-order valence-electron chi connectivity index (χ0n) is 6.88. The van der Waals surface area contributed by atoms with Crippen LogP contribution >= 0.6 is 12.6 Å². The molecule has 4 heteroatoms. The van der Waals surface area contributed by atoms with Gasteiger partial charge in [0.1, 0.15) is 5.75 Å².